The Morgan fingerprint density at radius 2 is 2.25 bits per heavy atom. The number of hydrogen-bond donors (Lipinski definition) is 1. The first kappa shape index (κ1) is 14.4. The van der Waals surface area contributed by atoms with Crippen LogP contribution in [-0.4, -0.2) is 29.0 Å². The number of nitrogens with zero attached hydrogens (tertiary/aromatic N) is 2. The summed E-state index contributed by atoms with van der Waals surface area (Å²) >= 11 is 1.46. The molecule has 2 rings (SSSR count). The van der Waals surface area contributed by atoms with Crippen LogP contribution in [0.25, 0.3) is 0 Å². The summed E-state index contributed by atoms with van der Waals surface area (Å²) in [5, 5.41) is 17.0. The third kappa shape index (κ3) is 3.76. The summed E-state index contributed by atoms with van der Waals surface area (Å²) in [5.74, 6) is 7.43. The first-order valence-electron chi connectivity index (χ1n) is 5.92. The minimum absolute atomic E-state index is 0.177. The van der Waals surface area contributed by atoms with E-state index < -0.39 is 0 Å². The number of aliphatic hydroxyl groups is 1. The third-order valence-corrected chi connectivity index (χ3v) is 3.33. The van der Waals surface area contributed by atoms with Crippen LogP contribution in [0.2, 0.25) is 0 Å². The van der Waals surface area contributed by atoms with Gasteiger partial charge in [0, 0.05) is 12.7 Å². The van der Waals surface area contributed by atoms with E-state index in [1.807, 2.05) is 18.2 Å². The zero-order valence-electron chi connectivity index (χ0n) is 11.2. The van der Waals surface area contributed by atoms with Crippen molar-refractivity contribution in [3.8, 4) is 17.6 Å². The lowest BCUT2D eigenvalue weighted by molar-refractivity contribution is 0.350. The molecule has 0 aliphatic heterocycles. The number of aliphatic hydroxyl groups excluding tert-OH is 1. The van der Waals surface area contributed by atoms with Crippen LogP contribution in [0.1, 0.15) is 17.0 Å². The topological polar surface area (TPSA) is 68.4 Å². The van der Waals surface area contributed by atoms with E-state index in [-0.39, 0.29) is 6.61 Å². The van der Waals surface area contributed by atoms with E-state index in [0.717, 1.165) is 11.1 Å². The highest BCUT2D eigenvalue weighted by Crippen LogP contribution is 2.25. The summed E-state index contributed by atoms with van der Waals surface area (Å²) in [6.45, 7) is 1.58. The maximum atomic E-state index is 8.77. The summed E-state index contributed by atoms with van der Waals surface area (Å²) in [6.07, 6.45) is 0. The lowest BCUT2D eigenvalue weighted by Crippen LogP contribution is -1.91. The molecule has 6 heteroatoms. The van der Waals surface area contributed by atoms with Gasteiger partial charge in [-0.1, -0.05) is 29.7 Å². The number of ether oxygens (including phenoxy) is 1. The number of rotatable bonds is 4. The Morgan fingerprint density at radius 1 is 1.40 bits per heavy atom. The van der Waals surface area contributed by atoms with Gasteiger partial charge in [-0.05, 0) is 17.7 Å². The summed E-state index contributed by atoms with van der Waals surface area (Å²) in [5.41, 5.74) is 1.82. The summed E-state index contributed by atoms with van der Waals surface area (Å²) in [4.78, 5) is 0. The van der Waals surface area contributed by atoms with Crippen molar-refractivity contribution >= 4 is 11.8 Å². The molecule has 1 aromatic carbocycles. The highest BCUT2D eigenvalue weighted by molar-refractivity contribution is 7.98. The molecule has 1 N–H and O–H groups in total. The predicted molar refractivity (Wildman–Crippen MR) is 75.6 cm³/mol. The molecular weight excluding hydrogens is 276 g/mol. The zero-order chi connectivity index (χ0) is 14.4. The van der Waals surface area contributed by atoms with Crippen molar-refractivity contribution < 1.29 is 14.3 Å². The van der Waals surface area contributed by atoms with Gasteiger partial charge in [0.25, 0.3) is 5.22 Å². The van der Waals surface area contributed by atoms with Gasteiger partial charge in [-0.3, -0.25) is 0 Å². The van der Waals surface area contributed by atoms with E-state index in [0.29, 0.717) is 22.6 Å². The summed E-state index contributed by atoms with van der Waals surface area (Å²) in [7, 11) is 1.59. The van der Waals surface area contributed by atoms with Crippen molar-refractivity contribution in [2.24, 2.45) is 0 Å². The number of aromatic nitrogens is 2. The maximum Gasteiger partial charge on any atom is 0.276 e. The van der Waals surface area contributed by atoms with Gasteiger partial charge >= 0.3 is 0 Å². The standard InChI is InChI=1S/C14H14N2O3S/c1-10-15-16-14(19-10)20-9-11-5-6-13(18-2)12(8-11)4-3-7-17/h5-6,8,17H,7,9H2,1-2H3. The monoisotopic (exact) mass is 290 g/mol. The van der Waals surface area contributed by atoms with Gasteiger partial charge in [-0.15, -0.1) is 10.2 Å². The molecule has 0 bridgehead atoms. The quantitative estimate of drug-likeness (QED) is 0.686. The smallest absolute Gasteiger partial charge is 0.276 e. The predicted octanol–water partition coefficient (Wildman–Crippen LogP) is 2.02. The van der Waals surface area contributed by atoms with Crippen LogP contribution < -0.4 is 4.74 Å². The molecule has 1 aromatic heterocycles. The van der Waals surface area contributed by atoms with Crippen molar-refractivity contribution in [2.45, 2.75) is 17.9 Å². The third-order valence-electron chi connectivity index (χ3n) is 2.44. The van der Waals surface area contributed by atoms with E-state index in [1.165, 1.54) is 11.8 Å². The van der Waals surface area contributed by atoms with Gasteiger partial charge in [0.2, 0.25) is 5.89 Å². The van der Waals surface area contributed by atoms with Crippen molar-refractivity contribution in [3.63, 3.8) is 0 Å². The second-order valence-electron chi connectivity index (χ2n) is 3.87. The largest absolute Gasteiger partial charge is 0.495 e. The van der Waals surface area contributed by atoms with Crippen LogP contribution in [0.4, 0.5) is 0 Å². The van der Waals surface area contributed by atoms with Crippen LogP contribution in [0.15, 0.2) is 27.8 Å². The van der Waals surface area contributed by atoms with Crippen LogP contribution in [-0.2, 0) is 5.75 Å². The van der Waals surface area contributed by atoms with E-state index in [1.54, 1.807) is 14.0 Å². The first-order chi connectivity index (χ1) is 9.72. The van der Waals surface area contributed by atoms with Gasteiger partial charge in [0.15, 0.2) is 0 Å². The summed E-state index contributed by atoms with van der Waals surface area (Å²) < 4.78 is 10.5. The minimum atomic E-state index is -0.177. The fourth-order valence-electron chi connectivity index (χ4n) is 1.56. The maximum absolute atomic E-state index is 8.77. The Balaban J connectivity index is 2.12. The Bertz CT molecular complexity index is 643. The van der Waals surface area contributed by atoms with Gasteiger partial charge < -0.3 is 14.3 Å². The highest BCUT2D eigenvalue weighted by Gasteiger charge is 2.06. The summed E-state index contributed by atoms with van der Waals surface area (Å²) in [6, 6.07) is 5.74. The van der Waals surface area contributed by atoms with E-state index in [4.69, 9.17) is 14.3 Å². The van der Waals surface area contributed by atoms with Crippen LogP contribution in [0, 0.1) is 18.8 Å². The van der Waals surface area contributed by atoms with E-state index >= 15 is 0 Å². The second-order valence-corrected chi connectivity index (χ2v) is 4.80. The van der Waals surface area contributed by atoms with Crippen molar-refractivity contribution in [3.05, 3.63) is 35.2 Å². The Hall–Kier alpha value is -1.97. The molecule has 20 heavy (non-hydrogen) atoms. The number of aryl methyl sites for hydroxylation is 1. The van der Waals surface area contributed by atoms with Crippen molar-refractivity contribution in [1.82, 2.24) is 10.2 Å². The fraction of sp³-hybridized carbons (Fsp3) is 0.286. The SMILES string of the molecule is COc1ccc(CSc2nnc(C)o2)cc1C#CCO. The van der Waals surface area contributed by atoms with Crippen molar-refractivity contribution in [2.75, 3.05) is 13.7 Å². The molecule has 0 aliphatic rings. The Morgan fingerprint density at radius 3 is 2.90 bits per heavy atom. The molecule has 0 saturated heterocycles. The van der Waals surface area contributed by atoms with Gasteiger partial charge in [0.05, 0.1) is 12.7 Å². The molecule has 0 atom stereocenters. The molecule has 104 valence electrons. The van der Waals surface area contributed by atoms with Gasteiger partial charge in [0.1, 0.15) is 12.4 Å². The van der Waals surface area contributed by atoms with Gasteiger partial charge in [-0.2, -0.15) is 0 Å². The molecule has 0 saturated carbocycles. The molecule has 0 fully saturated rings. The molecule has 2 aromatic rings. The lowest BCUT2D eigenvalue weighted by atomic mass is 10.1. The molecule has 0 amide bonds. The van der Waals surface area contributed by atoms with Crippen LogP contribution in [0.5, 0.6) is 5.75 Å². The number of hydrogen-bond acceptors (Lipinski definition) is 6. The van der Waals surface area contributed by atoms with Crippen LogP contribution >= 0.6 is 11.8 Å². The lowest BCUT2D eigenvalue weighted by Gasteiger charge is -2.05. The average molecular weight is 290 g/mol. The fourth-order valence-corrected chi connectivity index (χ4v) is 2.31. The second kappa shape index (κ2) is 6.98. The highest BCUT2D eigenvalue weighted by atomic mass is 32.2. The average Bonchev–Trinajstić information content (AvgIpc) is 2.88. The van der Waals surface area contributed by atoms with Crippen LogP contribution in [0.3, 0.4) is 0 Å². The first-order valence-corrected chi connectivity index (χ1v) is 6.91. The molecule has 5 nitrogen and oxygen atoms in total. The minimum Gasteiger partial charge on any atom is -0.495 e. The molecular formula is C14H14N2O3S. The normalized spacial score (nSPS) is 9.95. The molecule has 0 radical (unpaired) electrons. The zero-order valence-corrected chi connectivity index (χ0v) is 12.0. The number of benzene rings is 1. The van der Waals surface area contributed by atoms with Crippen molar-refractivity contribution in [1.29, 1.82) is 0 Å². The van der Waals surface area contributed by atoms with E-state index in [2.05, 4.69) is 22.0 Å². The molecule has 0 spiro atoms. The molecule has 0 unspecified atom stereocenters. The Labute approximate surface area is 121 Å². The molecule has 0 aliphatic carbocycles. The Kier molecular flexibility index (Phi) is 5.04. The number of thioether (sulfide) groups is 1. The number of methoxy groups -OCH3 is 1. The van der Waals surface area contributed by atoms with E-state index in [9.17, 15) is 0 Å². The van der Waals surface area contributed by atoms with Gasteiger partial charge in [-0.25, -0.2) is 0 Å². The molecule has 1 heterocycles.